The first-order valence-corrected chi connectivity index (χ1v) is 10.8. The summed E-state index contributed by atoms with van der Waals surface area (Å²) in [7, 11) is 3.33. The Bertz CT molecular complexity index is 1390. The van der Waals surface area contributed by atoms with E-state index in [4.69, 9.17) is 19.6 Å². The number of ether oxygens (including phenoxy) is 2. The lowest BCUT2D eigenvalue weighted by atomic mass is 10.0. The molecule has 0 aliphatic rings. The van der Waals surface area contributed by atoms with E-state index >= 15 is 0 Å². The van der Waals surface area contributed by atoms with E-state index in [0.717, 1.165) is 45.2 Å². The predicted molar refractivity (Wildman–Crippen MR) is 128 cm³/mol. The molecule has 5 rings (SSSR count). The van der Waals surface area contributed by atoms with E-state index < -0.39 is 0 Å². The largest absolute Gasteiger partial charge is 0.493 e. The topological polar surface area (TPSA) is 49.2 Å². The Labute approximate surface area is 187 Å². The second-order valence-electron chi connectivity index (χ2n) is 7.72. The third-order valence-electron chi connectivity index (χ3n) is 5.83. The number of aryl methyl sites for hydroxylation is 1. The zero-order valence-electron chi connectivity index (χ0n) is 18.5. The van der Waals surface area contributed by atoms with Crippen molar-refractivity contribution in [2.24, 2.45) is 0 Å². The standard InChI is InChI=1S/C27H25N3O2/c1-4-22-20-15-23(31-2)24(32-3)16-21(20)25-26(19-13-9-6-10-14-19)29-30(27(25)28-22)17-18-11-7-5-8-12-18/h5-16H,4,17H2,1-3H3. The summed E-state index contributed by atoms with van der Waals surface area (Å²) < 4.78 is 13.2. The van der Waals surface area contributed by atoms with Crippen LogP contribution in [0.2, 0.25) is 0 Å². The average Bonchev–Trinajstić information content (AvgIpc) is 3.21. The average molecular weight is 424 g/mol. The van der Waals surface area contributed by atoms with Crippen molar-refractivity contribution in [3.63, 3.8) is 0 Å². The molecule has 0 N–H and O–H groups in total. The molecule has 0 aliphatic heterocycles. The summed E-state index contributed by atoms with van der Waals surface area (Å²) in [5, 5.41) is 8.22. The Balaban J connectivity index is 1.87. The van der Waals surface area contributed by atoms with Gasteiger partial charge >= 0.3 is 0 Å². The second kappa shape index (κ2) is 8.35. The van der Waals surface area contributed by atoms with Gasteiger partial charge in [0.05, 0.1) is 31.8 Å². The first kappa shape index (κ1) is 20.1. The quantitative estimate of drug-likeness (QED) is 0.342. The summed E-state index contributed by atoms with van der Waals surface area (Å²) in [5.74, 6) is 1.40. The molecular weight excluding hydrogens is 398 g/mol. The molecule has 32 heavy (non-hydrogen) atoms. The molecule has 0 fully saturated rings. The van der Waals surface area contributed by atoms with E-state index in [1.165, 1.54) is 5.56 Å². The minimum Gasteiger partial charge on any atom is -0.493 e. The molecule has 2 heterocycles. The summed E-state index contributed by atoms with van der Waals surface area (Å²) in [4.78, 5) is 5.10. The van der Waals surface area contributed by atoms with Gasteiger partial charge in [0.25, 0.3) is 0 Å². The third-order valence-corrected chi connectivity index (χ3v) is 5.83. The number of nitrogens with zero attached hydrogens (tertiary/aromatic N) is 3. The van der Waals surface area contributed by atoms with Crippen LogP contribution >= 0.6 is 0 Å². The predicted octanol–water partition coefficient (Wildman–Crippen LogP) is 5.88. The fourth-order valence-corrected chi connectivity index (χ4v) is 4.26. The van der Waals surface area contributed by atoms with Crippen molar-refractivity contribution in [2.75, 3.05) is 14.2 Å². The van der Waals surface area contributed by atoms with Crippen LogP contribution in [0.4, 0.5) is 0 Å². The molecule has 0 aliphatic carbocycles. The number of hydrogen-bond donors (Lipinski definition) is 0. The van der Waals surface area contributed by atoms with E-state index in [9.17, 15) is 0 Å². The van der Waals surface area contributed by atoms with Crippen LogP contribution in [0.15, 0.2) is 72.8 Å². The van der Waals surface area contributed by atoms with E-state index in [1.54, 1.807) is 14.2 Å². The Morgan fingerprint density at radius 3 is 2.06 bits per heavy atom. The van der Waals surface area contributed by atoms with Gasteiger partial charge in [0.1, 0.15) is 5.69 Å². The van der Waals surface area contributed by atoms with Crippen molar-refractivity contribution < 1.29 is 9.47 Å². The number of benzene rings is 3. The first-order valence-electron chi connectivity index (χ1n) is 10.8. The fourth-order valence-electron chi connectivity index (χ4n) is 4.26. The maximum Gasteiger partial charge on any atom is 0.161 e. The Hall–Kier alpha value is -3.86. The molecule has 2 aromatic heterocycles. The van der Waals surface area contributed by atoms with Crippen LogP contribution in [0.25, 0.3) is 33.1 Å². The van der Waals surface area contributed by atoms with Crippen LogP contribution in [0, 0.1) is 0 Å². The van der Waals surface area contributed by atoms with Crippen molar-refractivity contribution in [3.05, 3.63) is 84.1 Å². The van der Waals surface area contributed by atoms with Crippen molar-refractivity contribution >= 4 is 21.8 Å². The van der Waals surface area contributed by atoms with Crippen molar-refractivity contribution in [3.8, 4) is 22.8 Å². The second-order valence-corrected chi connectivity index (χ2v) is 7.72. The minimum absolute atomic E-state index is 0.652. The third kappa shape index (κ3) is 3.36. The lowest BCUT2D eigenvalue weighted by molar-refractivity contribution is 0.356. The highest BCUT2D eigenvalue weighted by Crippen LogP contribution is 2.40. The summed E-state index contributed by atoms with van der Waals surface area (Å²) in [5.41, 5.74) is 5.06. The first-order chi connectivity index (χ1) is 15.7. The number of rotatable bonds is 6. The smallest absolute Gasteiger partial charge is 0.161 e. The summed E-state index contributed by atoms with van der Waals surface area (Å²) in [6.45, 7) is 2.78. The van der Waals surface area contributed by atoms with Crippen LogP contribution in [0.3, 0.4) is 0 Å². The molecule has 0 spiro atoms. The number of fused-ring (bicyclic) bond motifs is 3. The molecular formula is C27H25N3O2. The SMILES string of the molecule is CCc1nc2c(c(-c3ccccc3)nn2Cc2ccccc2)c2cc(OC)c(OC)cc12. The van der Waals surface area contributed by atoms with Gasteiger partial charge in [-0.05, 0) is 24.1 Å². The maximum absolute atomic E-state index is 5.64. The Morgan fingerprint density at radius 2 is 1.44 bits per heavy atom. The molecule has 0 unspecified atom stereocenters. The lowest BCUT2D eigenvalue weighted by Gasteiger charge is -2.13. The highest BCUT2D eigenvalue weighted by molar-refractivity contribution is 6.12. The molecule has 160 valence electrons. The Kier molecular flexibility index (Phi) is 5.23. The van der Waals surface area contributed by atoms with Gasteiger partial charge in [-0.3, -0.25) is 0 Å². The van der Waals surface area contributed by atoms with Crippen molar-refractivity contribution in [1.82, 2.24) is 14.8 Å². The zero-order valence-corrected chi connectivity index (χ0v) is 18.5. The molecule has 5 heteroatoms. The Morgan fingerprint density at radius 1 is 0.812 bits per heavy atom. The van der Waals surface area contributed by atoms with Gasteiger partial charge in [0, 0.05) is 16.3 Å². The number of hydrogen-bond acceptors (Lipinski definition) is 4. The molecule has 0 bridgehead atoms. The summed E-state index contributed by atoms with van der Waals surface area (Å²) in [6, 6.07) is 24.7. The molecule has 0 radical (unpaired) electrons. The molecule has 0 saturated carbocycles. The monoisotopic (exact) mass is 423 g/mol. The summed E-state index contributed by atoms with van der Waals surface area (Å²) in [6.07, 6.45) is 0.805. The minimum atomic E-state index is 0.652. The maximum atomic E-state index is 5.64. The molecule has 3 aromatic carbocycles. The normalized spacial score (nSPS) is 11.2. The number of aromatic nitrogens is 3. The van der Waals surface area contributed by atoms with Crippen LogP contribution in [0.1, 0.15) is 18.2 Å². The van der Waals surface area contributed by atoms with Crippen LogP contribution in [0.5, 0.6) is 11.5 Å². The van der Waals surface area contributed by atoms with Gasteiger partial charge in [0.2, 0.25) is 0 Å². The van der Waals surface area contributed by atoms with Gasteiger partial charge in [-0.25, -0.2) is 9.67 Å². The van der Waals surface area contributed by atoms with Crippen LogP contribution in [-0.4, -0.2) is 29.0 Å². The lowest BCUT2D eigenvalue weighted by Crippen LogP contribution is -2.04. The van der Waals surface area contributed by atoms with Crippen molar-refractivity contribution in [2.45, 2.75) is 19.9 Å². The molecule has 5 nitrogen and oxygen atoms in total. The zero-order chi connectivity index (χ0) is 22.1. The van der Waals surface area contributed by atoms with Crippen LogP contribution < -0.4 is 9.47 Å². The van der Waals surface area contributed by atoms with Gasteiger partial charge in [-0.1, -0.05) is 67.6 Å². The molecule has 0 saturated heterocycles. The van der Waals surface area contributed by atoms with E-state index in [1.807, 2.05) is 35.0 Å². The van der Waals surface area contributed by atoms with Crippen LogP contribution in [-0.2, 0) is 13.0 Å². The fraction of sp³-hybridized carbons (Fsp3) is 0.185. The van der Waals surface area contributed by atoms with Gasteiger partial charge in [-0.2, -0.15) is 5.10 Å². The number of pyridine rings is 1. The number of methoxy groups -OCH3 is 2. The van der Waals surface area contributed by atoms with Gasteiger partial charge in [0.15, 0.2) is 17.1 Å². The highest BCUT2D eigenvalue weighted by atomic mass is 16.5. The van der Waals surface area contributed by atoms with E-state index in [0.29, 0.717) is 18.0 Å². The molecule has 5 aromatic rings. The van der Waals surface area contributed by atoms with Gasteiger partial charge in [-0.15, -0.1) is 0 Å². The molecule has 0 amide bonds. The molecule has 0 atom stereocenters. The van der Waals surface area contributed by atoms with Crippen molar-refractivity contribution in [1.29, 1.82) is 0 Å². The summed E-state index contributed by atoms with van der Waals surface area (Å²) >= 11 is 0. The van der Waals surface area contributed by atoms with Gasteiger partial charge < -0.3 is 9.47 Å². The highest BCUT2D eigenvalue weighted by Gasteiger charge is 2.21. The van der Waals surface area contributed by atoms with E-state index in [-0.39, 0.29) is 0 Å². The van der Waals surface area contributed by atoms with E-state index in [2.05, 4.69) is 49.4 Å².